The maximum atomic E-state index is 13.4. The smallest absolute Gasteiger partial charge is 0.117 e. The number of nitrogens with two attached hydrogens (primary N) is 1. The Labute approximate surface area is 108 Å². The third kappa shape index (κ3) is 4.63. The van der Waals surface area contributed by atoms with Crippen molar-refractivity contribution in [2.75, 3.05) is 18.9 Å². The van der Waals surface area contributed by atoms with Crippen LogP contribution >= 0.6 is 0 Å². The van der Waals surface area contributed by atoms with E-state index in [1.807, 2.05) is 25.1 Å². The number of nitrogens with one attached hydrogen (secondary N) is 1. The topological polar surface area (TPSA) is 58.3 Å². The number of alkyl halides is 1. The van der Waals surface area contributed by atoms with Crippen LogP contribution in [0, 0.1) is 6.92 Å². The molecule has 4 heteroatoms. The van der Waals surface area contributed by atoms with E-state index in [0.717, 1.165) is 16.8 Å². The fraction of sp³-hybridized carbons (Fsp3) is 0.571. The van der Waals surface area contributed by atoms with Crippen molar-refractivity contribution in [2.24, 2.45) is 0 Å². The van der Waals surface area contributed by atoms with Crippen LogP contribution in [-0.4, -0.2) is 30.0 Å². The van der Waals surface area contributed by atoms with Gasteiger partial charge in [0, 0.05) is 18.3 Å². The maximum Gasteiger partial charge on any atom is 0.117 e. The molecule has 0 heterocycles. The number of hydrogen-bond donors (Lipinski definition) is 3. The summed E-state index contributed by atoms with van der Waals surface area (Å²) in [5.41, 5.74) is 7.41. The first-order chi connectivity index (χ1) is 8.33. The van der Waals surface area contributed by atoms with E-state index in [9.17, 15) is 9.50 Å². The minimum Gasteiger partial charge on any atom is -0.399 e. The van der Waals surface area contributed by atoms with Gasteiger partial charge in [0.2, 0.25) is 0 Å². The molecule has 0 aromatic heterocycles. The molecule has 0 radical (unpaired) electrons. The van der Waals surface area contributed by atoms with Crippen molar-refractivity contribution in [1.82, 2.24) is 5.32 Å². The average Bonchev–Trinajstić information content (AvgIpc) is 2.28. The molecule has 1 rings (SSSR count). The van der Waals surface area contributed by atoms with Crippen molar-refractivity contribution in [2.45, 2.75) is 38.9 Å². The lowest BCUT2D eigenvalue weighted by Crippen LogP contribution is -2.41. The van der Waals surface area contributed by atoms with Gasteiger partial charge < -0.3 is 16.2 Å². The van der Waals surface area contributed by atoms with E-state index < -0.39 is 5.67 Å². The van der Waals surface area contributed by atoms with Crippen molar-refractivity contribution < 1.29 is 9.50 Å². The van der Waals surface area contributed by atoms with Gasteiger partial charge in [0.1, 0.15) is 5.67 Å². The van der Waals surface area contributed by atoms with Gasteiger partial charge in [0.15, 0.2) is 0 Å². The SMILES string of the molecule is Cc1c(N)cccc1CC(CO)NCC(C)(C)F. The molecule has 1 atom stereocenters. The van der Waals surface area contributed by atoms with Gasteiger partial charge in [0.05, 0.1) is 6.61 Å². The van der Waals surface area contributed by atoms with Crippen LogP contribution < -0.4 is 11.1 Å². The molecular weight excluding hydrogens is 231 g/mol. The number of rotatable bonds is 6. The standard InChI is InChI=1S/C14H23FN2O/c1-10-11(5-4-6-13(10)16)7-12(8-18)17-9-14(2,3)15/h4-6,12,17-18H,7-9,16H2,1-3H3. The summed E-state index contributed by atoms with van der Waals surface area (Å²) in [7, 11) is 0. The number of anilines is 1. The van der Waals surface area contributed by atoms with Gasteiger partial charge >= 0.3 is 0 Å². The quantitative estimate of drug-likeness (QED) is 0.679. The van der Waals surface area contributed by atoms with Crippen LogP contribution in [0.15, 0.2) is 18.2 Å². The highest BCUT2D eigenvalue weighted by molar-refractivity contribution is 5.50. The van der Waals surface area contributed by atoms with Crippen LogP contribution in [0.2, 0.25) is 0 Å². The van der Waals surface area contributed by atoms with Gasteiger partial charge in [-0.25, -0.2) is 4.39 Å². The molecule has 102 valence electrons. The normalized spacial score (nSPS) is 13.6. The van der Waals surface area contributed by atoms with Gasteiger partial charge in [-0.1, -0.05) is 12.1 Å². The highest BCUT2D eigenvalue weighted by Crippen LogP contribution is 2.17. The van der Waals surface area contributed by atoms with Crippen LogP contribution in [0.1, 0.15) is 25.0 Å². The van der Waals surface area contributed by atoms with Crippen molar-refractivity contribution >= 4 is 5.69 Å². The number of hydrogen-bond acceptors (Lipinski definition) is 3. The van der Waals surface area contributed by atoms with Gasteiger partial charge in [-0.3, -0.25) is 0 Å². The van der Waals surface area contributed by atoms with E-state index in [0.29, 0.717) is 6.42 Å². The number of halogens is 1. The van der Waals surface area contributed by atoms with Crippen LogP contribution in [0.5, 0.6) is 0 Å². The summed E-state index contributed by atoms with van der Waals surface area (Å²) in [6.45, 7) is 5.18. The number of aliphatic hydroxyl groups excluding tert-OH is 1. The monoisotopic (exact) mass is 254 g/mol. The summed E-state index contributed by atoms with van der Waals surface area (Å²) < 4.78 is 13.4. The minimum atomic E-state index is -1.28. The fourth-order valence-corrected chi connectivity index (χ4v) is 1.78. The van der Waals surface area contributed by atoms with E-state index in [1.54, 1.807) is 0 Å². The molecule has 0 fully saturated rings. The summed E-state index contributed by atoms with van der Waals surface area (Å²) in [5, 5.41) is 12.4. The second kappa shape index (κ2) is 6.16. The Kier molecular flexibility index (Phi) is 5.11. The van der Waals surface area contributed by atoms with Gasteiger partial charge in [-0.2, -0.15) is 0 Å². The van der Waals surface area contributed by atoms with Crippen molar-refractivity contribution in [1.29, 1.82) is 0 Å². The minimum absolute atomic E-state index is 0.0235. The molecule has 1 aromatic rings. The van der Waals surface area contributed by atoms with Gasteiger partial charge in [-0.05, 0) is 44.4 Å². The number of benzene rings is 1. The lowest BCUT2D eigenvalue weighted by molar-refractivity contribution is 0.180. The fourth-order valence-electron chi connectivity index (χ4n) is 1.78. The molecule has 1 aromatic carbocycles. The molecule has 0 aliphatic rings. The van der Waals surface area contributed by atoms with Crippen LogP contribution in [-0.2, 0) is 6.42 Å². The van der Waals surface area contributed by atoms with Crippen molar-refractivity contribution in [3.63, 3.8) is 0 Å². The Bertz CT molecular complexity index is 388. The first-order valence-corrected chi connectivity index (χ1v) is 6.20. The highest BCUT2D eigenvalue weighted by Gasteiger charge is 2.18. The lowest BCUT2D eigenvalue weighted by atomic mass is 9.99. The predicted molar refractivity (Wildman–Crippen MR) is 73.4 cm³/mol. The lowest BCUT2D eigenvalue weighted by Gasteiger charge is -2.22. The summed E-state index contributed by atoms with van der Waals surface area (Å²) in [6, 6.07) is 5.58. The Hall–Kier alpha value is -1.13. The average molecular weight is 254 g/mol. The van der Waals surface area contributed by atoms with Crippen LogP contribution in [0.4, 0.5) is 10.1 Å². The zero-order valence-electron chi connectivity index (χ0n) is 11.3. The molecule has 18 heavy (non-hydrogen) atoms. The molecule has 0 amide bonds. The Balaban J connectivity index is 2.65. The van der Waals surface area contributed by atoms with E-state index in [-0.39, 0.29) is 19.2 Å². The van der Waals surface area contributed by atoms with Crippen molar-refractivity contribution in [3.8, 4) is 0 Å². The van der Waals surface area contributed by atoms with E-state index in [1.165, 1.54) is 13.8 Å². The molecule has 0 aliphatic carbocycles. The first kappa shape index (κ1) is 14.9. The molecule has 1 unspecified atom stereocenters. The number of aliphatic hydroxyl groups is 1. The molecular formula is C14H23FN2O. The molecule has 0 bridgehead atoms. The maximum absolute atomic E-state index is 13.4. The van der Waals surface area contributed by atoms with Crippen LogP contribution in [0.25, 0.3) is 0 Å². The first-order valence-electron chi connectivity index (χ1n) is 6.20. The Morgan fingerprint density at radius 3 is 2.67 bits per heavy atom. The molecule has 0 saturated heterocycles. The molecule has 4 N–H and O–H groups in total. The Morgan fingerprint density at radius 1 is 1.44 bits per heavy atom. The molecule has 0 spiro atoms. The zero-order chi connectivity index (χ0) is 13.8. The van der Waals surface area contributed by atoms with E-state index >= 15 is 0 Å². The van der Waals surface area contributed by atoms with Crippen LogP contribution in [0.3, 0.4) is 0 Å². The summed E-state index contributed by atoms with van der Waals surface area (Å²) >= 11 is 0. The van der Waals surface area contributed by atoms with Crippen molar-refractivity contribution in [3.05, 3.63) is 29.3 Å². The summed E-state index contributed by atoms with van der Waals surface area (Å²) in [4.78, 5) is 0. The molecule has 0 aliphatic heterocycles. The summed E-state index contributed by atoms with van der Waals surface area (Å²) in [6.07, 6.45) is 0.642. The number of nitrogen functional groups attached to an aromatic ring is 1. The molecule has 3 nitrogen and oxygen atoms in total. The van der Waals surface area contributed by atoms with E-state index in [2.05, 4.69) is 5.32 Å². The highest BCUT2D eigenvalue weighted by atomic mass is 19.1. The zero-order valence-corrected chi connectivity index (χ0v) is 11.3. The van der Waals surface area contributed by atoms with Gasteiger partial charge in [0.25, 0.3) is 0 Å². The molecule has 0 saturated carbocycles. The largest absolute Gasteiger partial charge is 0.399 e. The summed E-state index contributed by atoms with van der Waals surface area (Å²) in [5.74, 6) is 0. The predicted octanol–water partition coefficient (Wildman–Crippen LogP) is 1.82. The Morgan fingerprint density at radius 2 is 2.11 bits per heavy atom. The third-order valence-corrected chi connectivity index (χ3v) is 2.99. The van der Waals surface area contributed by atoms with Gasteiger partial charge in [-0.15, -0.1) is 0 Å². The second-order valence-electron chi connectivity index (χ2n) is 5.31. The third-order valence-electron chi connectivity index (χ3n) is 2.99. The van der Waals surface area contributed by atoms with E-state index in [4.69, 9.17) is 5.73 Å². The second-order valence-corrected chi connectivity index (χ2v) is 5.31.